The van der Waals surface area contributed by atoms with Gasteiger partial charge in [-0.15, -0.1) is 0 Å². The van der Waals surface area contributed by atoms with E-state index in [1.54, 1.807) is 48.5 Å². The summed E-state index contributed by atoms with van der Waals surface area (Å²) >= 11 is 1.20. The van der Waals surface area contributed by atoms with E-state index < -0.39 is 21.7 Å². The molecule has 0 bridgehead atoms. The first-order valence-electron chi connectivity index (χ1n) is 11.7. The van der Waals surface area contributed by atoms with Crippen molar-refractivity contribution in [3.63, 3.8) is 0 Å². The highest BCUT2D eigenvalue weighted by Gasteiger charge is 2.27. The number of hydrogen-bond donors (Lipinski definition) is 1. The molecule has 0 radical (unpaired) electrons. The second kappa shape index (κ2) is 11.2. The monoisotopic (exact) mass is 528 g/mol. The van der Waals surface area contributed by atoms with Crippen molar-refractivity contribution in [1.29, 1.82) is 0 Å². The molecule has 0 spiro atoms. The molecular formula is C26H28N2O6S2. The summed E-state index contributed by atoms with van der Waals surface area (Å²) in [5.41, 5.74) is 1.20. The van der Waals surface area contributed by atoms with Gasteiger partial charge in [-0.1, -0.05) is 49.2 Å². The molecule has 0 unspecified atom stereocenters. The standard InChI is InChI=1S/C26H28N2O6S2/c1-33-25(30)19-7-11-20(12-8-19)34-23-16-27-26(35-23)28-24(29)22(15-17-5-3-4-6-17)18-9-13-21(14-10-18)36(2,31)32/h7-14,16-17,22H,3-6,15H2,1-2H3,(H,27,28,29)/t22-/m1/s1. The molecule has 190 valence electrons. The number of carbonyl (C=O) groups excluding carboxylic acids is 2. The number of ether oxygens (including phenoxy) is 2. The molecule has 1 amide bonds. The molecule has 1 aliphatic rings. The van der Waals surface area contributed by atoms with Crippen molar-refractivity contribution in [2.75, 3.05) is 18.7 Å². The van der Waals surface area contributed by atoms with Gasteiger partial charge in [0.2, 0.25) is 11.0 Å². The number of anilines is 1. The van der Waals surface area contributed by atoms with Crippen LogP contribution in [0.4, 0.5) is 5.13 Å². The molecule has 0 aliphatic heterocycles. The third-order valence-electron chi connectivity index (χ3n) is 6.28. The van der Waals surface area contributed by atoms with Crippen LogP contribution in [0.25, 0.3) is 0 Å². The summed E-state index contributed by atoms with van der Waals surface area (Å²) in [4.78, 5) is 29.4. The maximum atomic E-state index is 13.3. The Morgan fingerprint density at radius 3 is 2.36 bits per heavy atom. The third kappa shape index (κ3) is 6.50. The molecule has 1 aliphatic carbocycles. The van der Waals surface area contributed by atoms with E-state index >= 15 is 0 Å². The number of carbonyl (C=O) groups is 2. The Balaban J connectivity index is 1.46. The van der Waals surface area contributed by atoms with Crippen LogP contribution in [0, 0.1) is 5.92 Å². The van der Waals surface area contributed by atoms with Gasteiger partial charge in [0.25, 0.3) is 0 Å². The average Bonchev–Trinajstić information content (AvgIpc) is 3.54. The molecule has 4 rings (SSSR count). The van der Waals surface area contributed by atoms with Crippen molar-refractivity contribution < 1.29 is 27.5 Å². The van der Waals surface area contributed by atoms with Gasteiger partial charge in [-0.2, -0.15) is 0 Å². The van der Waals surface area contributed by atoms with E-state index in [4.69, 9.17) is 9.47 Å². The fraction of sp³-hybridized carbons (Fsp3) is 0.346. The zero-order valence-electron chi connectivity index (χ0n) is 20.1. The molecule has 8 nitrogen and oxygen atoms in total. The fourth-order valence-electron chi connectivity index (χ4n) is 4.37. The van der Waals surface area contributed by atoms with Crippen molar-refractivity contribution in [3.8, 4) is 10.8 Å². The number of rotatable bonds is 9. The van der Waals surface area contributed by atoms with E-state index in [0.717, 1.165) is 18.4 Å². The predicted octanol–water partition coefficient (Wildman–Crippen LogP) is 5.43. The molecule has 1 aromatic heterocycles. The van der Waals surface area contributed by atoms with Crippen LogP contribution in [0.3, 0.4) is 0 Å². The van der Waals surface area contributed by atoms with Crippen LogP contribution in [0.15, 0.2) is 59.6 Å². The van der Waals surface area contributed by atoms with E-state index in [-0.39, 0.29) is 10.8 Å². The molecule has 1 N–H and O–H groups in total. The lowest BCUT2D eigenvalue weighted by molar-refractivity contribution is -0.118. The van der Waals surface area contributed by atoms with E-state index in [1.165, 1.54) is 43.7 Å². The van der Waals surface area contributed by atoms with E-state index in [1.807, 2.05) is 0 Å². The first kappa shape index (κ1) is 25.8. The number of aromatic nitrogens is 1. The van der Waals surface area contributed by atoms with Gasteiger partial charge in [-0.3, -0.25) is 4.79 Å². The summed E-state index contributed by atoms with van der Waals surface area (Å²) in [6, 6.07) is 13.1. The van der Waals surface area contributed by atoms with Crippen molar-refractivity contribution in [1.82, 2.24) is 4.98 Å². The average molecular weight is 529 g/mol. The van der Waals surface area contributed by atoms with E-state index in [9.17, 15) is 18.0 Å². The molecule has 36 heavy (non-hydrogen) atoms. The van der Waals surface area contributed by atoms with E-state index in [2.05, 4.69) is 10.3 Å². The Bertz CT molecular complexity index is 1310. The first-order chi connectivity index (χ1) is 17.2. The molecule has 1 saturated carbocycles. The molecule has 0 saturated heterocycles. The number of sulfone groups is 1. The number of methoxy groups -OCH3 is 1. The minimum atomic E-state index is -3.31. The number of amides is 1. The number of hydrogen-bond acceptors (Lipinski definition) is 8. The van der Waals surface area contributed by atoms with Crippen LogP contribution >= 0.6 is 11.3 Å². The molecule has 10 heteroatoms. The minimum absolute atomic E-state index is 0.183. The second-order valence-corrected chi connectivity index (χ2v) is 11.9. The lowest BCUT2D eigenvalue weighted by Gasteiger charge is -2.20. The lowest BCUT2D eigenvalue weighted by atomic mass is 9.87. The SMILES string of the molecule is COC(=O)c1ccc(Oc2cnc(NC(=O)[C@H](CC3CCCC3)c3ccc(S(C)(=O)=O)cc3)s2)cc1. The zero-order chi connectivity index (χ0) is 25.7. The van der Waals surface area contributed by atoms with Gasteiger partial charge in [-0.25, -0.2) is 18.2 Å². The summed E-state index contributed by atoms with van der Waals surface area (Å²) in [7, 11) is -1.99. The second-order valence-electron chi connectivity index (χ2n) is 8.87. The summed E-state index contributed by atoms with van der Waals surface area (Å²) < 4.78 is 34.2. The van der Waals surface area contributed by atoms with Crippen molar-refractivity contribution in [3.05, 3.63) is 65.9 Å². The van der Waals surface area contributed by atoms with Gasteiger partial charge in [0.1, 0.15) is 5.75 Å². The molecule has 1 heterocycles. The van der Waals surface area contributed by atoms with Crippen LogP contribution < -0.4 is 10.1 Å². The number of benzene rings is 2. The van der Waals surface area contributed by atoms with E-state index in [0.29, 0.717) is 33.8 Å². The maximum Gasteiger partial charge on any atom is 0.337 e. The van der Waals surface area contributed by atoms with Crippen molar-refractivity contribution in [2.24, 2.45) is 5.92 Å². The number of nitrogens with one attached hydrogen (secondary N) is 1. The highest BCUT2D eigenvalue weighted by atomic mass is 32.2. The Morgan fingerprint density at radius 1 is 1.08 bits per heavy atom. The van der Waals surface area contributed by atoms with Gasteiger partial charge in [0, 0.05) is 6.26 Å². The number of nitrogens with zero attached hydrogens (tertiary/aromatic N) is 1. The highest BCUT2D eigenvalue weighted by Crippen LogP contribution is 2.36. The van der Waals surface area contributed by atoms with Gasteiger partial charge < -0.3 is 14.8 Å². The van der Waals surface area contributed by atoms with Crippen molar-refractivity contribution in [2.45, 2.75) is 42.9 Å². The van der Waals surface area contributed by atoms with Gasteiger partial charge in [0.15, 0.2) is 15.0 Å². The molecule has 1 atom stereocenters. The predicted molar refractivity (Wildman–Crippen MR) is 137 cm³/mol. The topological polar surface area (TPSA) is 112 Å². The quantitative estimate of drug-likeness (QED) is 0.369. The smallest absolute Gasteiger partial charge is 0.337 e. The third-order valence-corrected chi connectivity index (χ3v) is 8.20. The van der Waals surface area contributed by atoms with Crippen LogP contribution in [-0.2, 0) is 19.4 Å². The van der Waals surface area contributed by atoms with Gasteiger partial charge in [-0.05, 0) is 54.3 Å². The Kier molecular flexibility index (Phi) is 8.05. The maximum absolute atomic E-state index is 13.3. The van der Waals surface area contributed by atoms with Gasteiger partial charge in [0.05, 0.1) is 29.7 Å². The summed E-state index contributed by atoms with van der Waals surface area (Å²) in [5, 5.41) is 3.80. The Hall–Kier alpha value is -3.24. The fourth-order valence-corrected chi connectivity index (χ4v) is 5.69. The highest BCUT2D eigenvalue weighted by molar-refractivity contribution is 7.90. The number of esters is 1. The van der Waals surface area contributed by atoms with Crippen LogP contribution in [0.2, 0.25) is 0 Å². The lowest BCUT2D eigenvalue weighted by Crippen LogP contribution is -2.23. The first-order valence-corrected chi connectivity index (χ1v) is 14.4. The summed E-state index contributed by atoms with van der Waals surface area (Å²) in [5.74, 6) is -0.0478. The Morgan fingerprint density at radius 2 is 1.75 bits per heavy atom. The number of thiazole rings is 1. The van der Waals surface area contributed by atoms with Crippen LogP contribution in [0.1, 0.15) is 53.9 Å². The molecule has 3 aromatic rings. The summed E-state index contributed by atoms with van der Waals surface area (Å²) in [6.07, 6.45) is 7.91. The Labute approximate surface area is 214 Å². The largest absolute Gasteiger partial charge is 0.465 e. The van der Waals surface area contributed by atoms with Crippen molar-refractivity contribution >= 4 is 38.2 Å². The summed E-state index contributed by atoms with van der Waals surface area (Å²) in [6.45, 7) is 0. The molecular weight excluding hydrogens is 500 g/mol. The minimum Gasteiger partial charge on any atom is -0.465 e. The molecule has 1 fully saturated rings. The zero-order valence-corrected chi connectivity index (χ0v) is 21.7. The van der Waals surface area contributed by atoms with Gasteiger partial charge >= 0.3 is 5.97 Å². The van der Waals surface area contributed by atoms with Crippen LogP contribution in [0.5, 0.6) is 10.8 Å². The normalized spacial score (nSPS) is 14.8. The van der Waals surface area contributed by atoms with Crippen LogP contribution in [-0.4, -0.2) is 38.6 Å². The molecule has 2 aromatic carbocycles.